The van der Waals surface area contributed by atoms with Crippen molar-refractivity contribution in [3.05, 3.63) is 48.4 Å². The van der Waals surface area contributed by atoms with Crippen molar-refractivity contribution >= 4 is 28.6 Å². The summed E-state index contributed by atoms with van der Waals surface area (Å²) in [4.78, 5) is 21.9. The van der Waals surface area contributed by atoms with Gasteiger partial charge in [-0.2, -0.15) is 5.10 Å². The number of nitrogens with zero attached hydrogens (tertiary/aromatic N) is 5. The topological polar surface area (TPSA) is 84.2 Å². The standard InChI is InChI=1S/C21H24N6O3/c28-21(17-15-23-27-5-1-4-22-20(17)27)24-18-3-2-16(25-6-10-29-11-7-25)14-19(18)26-8-12-30-13-9-26/h1-5,14-15H,6-13H2,(H,24,28). The number of carbonyl (C=O) groups is 1. The van der Waals surface area contributed by atoms with Gasteiger partial charge in [-0.15, -0.1) is 0 Å². The highest BCUT2D eigenvalue weighted by Gasteiger charge is 2.21. The molecule has 2 fully saturated rings. The number of hydrogen-bond donors (Lipinski definition) is 1. The Bertz CT molecular complexity index is 1040. The zero-order valence-electron chi connectivity index (χ0n) is 16.7. The molecule has 0 radical (unpaired) electrons. The van der Waals surface area contributed by atoms with Gasteiger partial charge in [0.15, 0.2) is 5.65 Å². The Morgan fingerprint density at radius 1 is 1.00 bits per heavy atom. The zero-order chi connectivity index (χ0) is 20.3. The van der Waals surface area contributed by atoms with Crippen LogP contribution in [0.4, 0.5) is 17.1 Å². The second-order valence-electron chi connectivity index (χ2n) is 7.30. The quantitative estimate of drug-likeness (QED) is 0.703. The summed E-state index contributed by atoms with van der Waals surface area (Å²) in [5, 5.41) is 7.29. The Kier molecular flexibility index (Phi) is 5.20. The molecule has 30 heavy (non-hydrogen) atoms. The number of benzene rings is 1. The van der Waals surface area contributed by atoms with Crippen LogP contribution in [0.25, 0.3) is 5.65 Å². The summed E-state index contributed by atoms with van der Waals surface area (Å²) in [6, 6.07) is 7.97. The molecule has 0 spiro atoms. The molecule has 3 aromatic rings. The van der Waals surface area contributed by atoms with Crippen LogP contribution in [0, 0.1) is 0 Å². The van der Waals surface area contributed by atoms with Crippen LogP contribution < -0.4 is 15.1 Å². The number of aromatic nitrogens is 3. The van der Waals surface area contributed by atoms with Gasteiger partial charge in [-0.1, -0.05) is 0 Å². The molecule has 2 saturated heterocycles. The van der Waals surface area contributed by atoms with E-state index in [1.807, 2.05) is 6.07 Å². The minimum absolute atomic E-state index is 0.225. The third-order valence-electron chi connectivity index (χ3n) is 5.48. The van der Waals surface area contributed by atoms with Crippen molar-refractivity contribution in [3.63, 3.8) is 0 Å². The summed E-state index contributed by atoms with van der Waals surface area (Å²) < 4.78 is 12.6. The number of morpholine rings is 2. The average molecular weight is 408 g/mol. The molecule has 1 amide bonds. The van der Waals surface area contributed by atoms with E-state index in [0.717, 1.165) is 56.5 Å². The molecule has 4 heterocycles. The highest BCUT2D eigenvalue weighted by molar-refractivity contribution is 6.09. The molecule has 5 rings (SSSR count). The van der Waals surface area contributed by atoms with E-state index in [2.05, 4.69) is 37.3 Å². The van der Waals surface area contributed by atoms with Gasteiger partial charge in [-0.3, -0.25) is 4.79 Å². The minimum atomic E-state index is -0.225. The van der Waals surface area contributed by atoms with Crippen LogP contribution in [0.1, 0.15) is 10.4 Å². The van der Waals surface area contributed by atoms with Crippen molar-refractivity contribution in [2.75, 3.05) is 67.7 Å². The van der Waals surface area contributed by atoms with E-state index in [1.54, 1.807) is 29.2 Å². The number of carbonyl (C=O) groups excluding carboxylic acids is 1. The first-order chi connectivity index (χ1) is 14.8. The molecule has 1 aromatic carbocycles. The maximum Gasteiger partial charge on any atom is 0.261 e. The largest absolute Gasteiger partial charge is 0.378 e. The van der Waals surface area contributed by atoms with Crippen LogP contribution >= 0.6 is 0 Å². The monoisotopic (exact) mass is 408 g/mol. The van der Waals surface area contributed by atoms with E-state index >= 15 is 0 Å². The van der Waals surface area contributed by atoms with E-state index in [4.69, 9.17) is 9.47 Å². The molecule has 2 aliphatic rings. The number of rotatable bonds is 4. The maximum atomic E-state index is 13.0. The number of fused-ring (bicyclic) bond motifs is 1. The first-order valence-electron chi connectivity index (χ1n) is 10.2. The van der Waals surface area contributed by atoms with Gasteiger partial charge in [-0.05, 0) is 24.3 Å². The molecule has 0 atom stereocenters. The fraction of sp³-hybridized carbons (Fsp3) is 0.381. The molecule has 156 valence electrons. The summed E-state index contributed by atoms with van der Waals surface area (Å²) >= 11 is 0. The highest BCUT2D eigenvalue weighted by Crippen LogP contribution is 2.32. The predicted octanol–water partition coefficient (Wildman–Crippen LogP) is 1.65. The second-order valence-corrected chi connectivity index (χ2v) is 7.30. The Balaban J connectivity index is 1.46. The number of anilines is 3. The van der Waals surface area contributed by atoms with E-state index in [0.29, 0.717) is 24.4 Å². The molecule has 1 N–H and O–H groups in total. The number of amides is 1. The molecular formula is C21H24N6O3. The molecule has 0 bridgehead atoms. The zero-order valence-corrected chi connectivity index (χ0v) is 16.7. The summed E-state index contributed by atoms with van der Waals surface area (Å²) in [5.41, 5.74) is 3.89. The molecule has 9 heteroatoms. The van der Waals surface area contributed by atoms with E-state index in [1.165, 1.54) is 0 Å². The van der Waals surface area contributed by atoms with Gasteiger partial charge in [0.1, 0.15) is 5.56 Å². The SMILES string of the molecule is O=C(Nc1ccc(N2CCOCC2)cc1N1CCOCC1)c1cnn2cccnc12. The molecule has 0 saturated carbocycles. The molecule has 2 aromatic heterocycles. The summed E-state index contributed by atoms with van der Waals surface area (Å²) in [5.74, 6) is -0.225. The summed E-state index contributed by atoms with van der Waals surface area (Å²) in [6.07, 6.45) is 4.98. The fourth-order valence-corrected chi connectivity index (χ4v) is 3.89. The van der Waals surface area contributed by atoms with Crippen LogP contribution in [-0.2, 0) is 9.47 Å². The van der Waals surface area contributed by atoms with Crippen molar-refractivity contribution < 1.29 is 14.3 Å². The van der Waals surface area contributed by atoms with Crippen molar-refractivity contribution in [2.45, 2.75) is 0 Å². The number of ether oxygens (including phenoxy) is 2. The number of hydrogen-bond acceptors (Lipinski definition) is 7. The average Bonchev–Trinajstić information content (AvgIpc) is 3.25. The maximum absolute atomic E-state index is 13.0. The second kappa shape index (κ2) is 8.29. The first-order valence-corrected chi connectivity index (χ1v) is 10.2. The summed E-state index contributed by atoms with van der Waals surface area (Å²) in [7, 11) is 0. The molecular weight excluding hydrogens is 384 g/mol. The van der Waals surface area contributed by atoms with E-state index in [-0.39, 0.29) is 5.91 Å². The first kappa shape index (κ1) is 18.8. The van der Waals surface area contributed by atoms with E-state index in [9.17, 15) is 4.79 Å². The van der Waals surface area contributed by atoms with Gasteiger partial charge in [0.2, 0.25) is 0 Å². The van der Waals surface area contributed by atoms with Gasteiger partial charge in [0, 0.05) is 44.3 Å². The van der Waals surface area contributed by atoms with Gasteiger partial charge >= 0.3 is 0 Å². The minimum Gasteiger partial charge on any atom is -0.378 e. The lowest BCUT2D eigenvalue weighted by atomic mass is 10.1. The molecule has 9 nitrogen and oxygen atoms in total. The van der Waals surface area contributed by atoms with Crippen LogP contribution in [-0.4, -0.2) is 73.1 Å². The lowest BCUT2D eigenvalue weighted by molar-refractivity contribution is 0.102. The van der Waals surface area contributed by atoms with Gasteiger partial charge in [0.05, 0.1) is 44.0 Å². The Labute approximate surface area is 174 Å². The molecule has 2 aliphatic heterocycles. The van der Waals surface area contributed by atoms with Gasteiger partial charge in [-0.25, -0.2) is 9.50 Å². The van der Waals surface area contributed by atoms with Crippen LogP contribution in [0.2, 0.25) is 0 Å². The summed E-state index contributed by atoms with van der Waals surface area (Å²) in [6.45, 7) is 6.10. The third kappa shape index (κ3) is 3.69. The van der Waals surface area contributed by atoms with Crippen molar-refractivity contribution in [3.8, 4) is 0 Å². The lowest BCUT2D eigenvalue weighted by Gasteiger charge is -2.33. The van der Waals surface area contributed by atoms with E-state index < -0.39 is 0 Å². The van der Waals surface area contributed by atoms with Crippen molar-refractivity contribution in [1.82, 2.24) is 14.6 Å². The van der Waals surface area contributed by atoms with Crippen molar-refractivity contribution in [1.29, 1.82) is 0 Å². The normalized spacial score (nSPS) is 17.3. The third-order valence-corrected chi connectivity index (χ3v) is 5.48. The Morgan fingerprint density at radius 2 is 1.73 bits per heavy atom. The highest BCUT2D eigenvalue weighted by atomic mass is 16.5. The fourth-order valence-electron chi connectivity index (χ4n) is 3.89. The Morgan fingerprint density at radius 3 is 2.50 bits per heavy atom. The molecule has 0 aliphatic carbocycles. The van der Waals surface area contributed by atoms with Gasteiger partial charge in [0.25, 0.3) is 5.91 Å². The van der Waals surface area contributed by atoms with Gasteiger partial charge < -0.3 is 24.6 Å². The Hall–Kier alpha value is -3.17. The van der Waals surface area contributed by atoms with Crippen molar-refractivity contribution in [2.24, 2.45) is 0 Å². The van der Waals surface area contributed by atoms with Crippen LogP contribution in [0.5, 0.6) is 0 Å². The van der Waals surface area contributed by atoms with Crippen LogP contribution in [0.15, 0.2) is 42.9 Å². The van der Waals surface area contributed by atoms with Crippen LogP contribution in [0.3, 0.4) is 0 Å². The molecule has 0 unspecified atom stereocenters. The number of nitrogens with one attached hydrogen (secondary N) is 1. The predicted molar refractivity (Wildman–Crippen MR) is 113 cm³/mol. The lowest BCUT2D eigenvalue weighted by Crippen LogP contribution is -2.38. The smallest absolute Gasteiger partial charge is 0.261 e.